The summed E-state index contributed by atoms with van der Waals surface area (Å²) in [6, 6.07) is 3.19. The van der Waals surface area contributed by atoms with Gasteiger partial charge in [-0.3, -0.25) is 0 Å². The van der Waals surface area contributed by atoms with Gasteiger partial charge in [0.25, 0.3) is 0 Å². The van der Waals surface area contributed by atoms with E-state index in [0.717, 1.165) is 4.47 Å². The minimum atomic E-state index is -0.263. The summed E-state index contributed by atoms with van der Waals surface area (Å²) in [4.78, 5) is 0. The van der Waals surface area contributed by atoms with Crippen molar-refractivity contribution >= 4 is 15.9 Å². The molecular formula is C9H11BrFN. The van der Waals surface area contributed by atoms with E-state index in [1.807, 2.05) is 0 Å². The first kappa shape index (κ1) is 9.68. The largest absolute Gasteiger partial charge is 0.324 e. The molecule has 1 nitrogen and oxygen atoms in total. The Morgan fingerprint density at radius 2 is 2.08 bits per heavy atom. The minimum Gasteiger partial charge on any atom is -0.324 e. The van der Waals surface area contributed by atoms with Gasteiger partial charge in [0.1, 0.15) is 5.82 Å². The molecule has 0 spiro atoms. The van der Waals surface area contributed by atoms with Crippen molar-refractivity contribution in [1.29, 1.82) is 0 Å². The molecule has 66 valence electrons. The molecule has 0 aromatic heterocycles. The Kier molecular flexibility index (Phi) is 2.85. The fourth-order valence-corrected chi connectivity index (χ4v) is 1.67. The van der Waals surface area contributed by atoms with E-state index >= 15 is 0 Å². The SMILES string of the molecule is Cc1cc(Br)cc(C(C)N)c1F. The highest BCUT2D eigenvalue weighted by molar-refractivity contribution is 9.10. The number of hydrogen-bond donors (Lipinski definition) is 1. The second-order valence-corrected chi connectivity index (χ2v) is 3.83. The first-order valence-corrected chi connectivity index (χ1v) is 4.53. The maximum Gasteiger partial charge on any atom is 0.130 e. The number of aryl methyl sites for hydroxylation is 1. The smallest absolute Gasteiger partial charge is 0.130 e. The molecule has 0 saturated carbocycles. The van der Waals surface area contributed by atoms with Crippen LogP contribution in [0.3, 0.4) is 0 Å². The van der Waals surface area contributed by atoms with Crippen molar-refractivity contribution in [2.75, 3.05) is 0 Å². The van der Waals surface area contributed by atoms with Crippen molar-refractivity contribution in [1.82, 2.24) is 0 Å². The third kappa shape index (κ3) is 1.84. The van der Waals surface area contributed by atoms with Crippen molar-refractivity contribution in [3.8, 4) is 0 Å². The lowest BCUT2D eigenvalue weighted by atomic mass is 10.1. The summed E-state index contributed by atoms with van der Waals surface area (Å²) in [5, 5.41) is 0. The maximum absolute atomic E-state index is 13.3. The summed E-state index contributed by atoms with van der Waals surface area (Å²) >= 11 is 3.29. The molecule has 0 radical (unpaired) electrons. The van der Waals surface area contributed by atoms with Gasteiger partial charge in [0.15, 0.2) is 0 Å². The van der Waals surface area contributed by atoms with Crippen molar-refractivity contribution in [2.45, 2.75) is 19.9 Å². The Labute approximate surface area is 79.9 Å². The zero-order valence-electron chi connectivity index (χ0n) is 7.07. The second kappa shape index (κ2) is 3.54. The van der Waals surface area contributed by atoms with Gasteiger partial charge in [-0.1, -0.05) is 15.9 Å². The summed E-state index contributed by atoms with van der Waals surface area (Å²) in [7, 11) is 0. The van der Waals surface area contributed by atoms with Crippen LogP contribution in [0.25, 0.3) is 0 Å². The van der Waals surface area contributed by atoms with Crippen LogP contribution in [0.15, 0.2) is 16.6 Å². The summed E-state index contributed by atoms with van der Waals surface area (Å²) in [6.07, 6.45) is 0. The molecule has 1 aromatic carbocycles. The quantitative estimate of drug-likeness (QED) is 0.791. The highest BCUT2D eigenvalue weighted by Crippen LogP contribution is 2.23. The molecule has 0 aliphatic rings. The fraction of sp³-hybridized carbons (Fsp3) is 0.333. The Bertz CT molecular complexity index is 297. The maximum atomic E-state index is 13.3. The lowest BCUT2D eigenvalue weighted by Gasteiger charge is -2.09. The van der Waals surface area contributed by atoms with Crippen LogP contribution in [0.1, 0.15) is 24.1 Å². The van der Waals surface area contributed by atoms with E-state index in [-0.39, 0.29) is 11.9 Å². The first-order chi connectivity index (χ1) is 5.52. The lowest BCUT2D eigenvalue weighted by Crippen LogP contribution is -2.08. The van der Waals surface area contributed by atoms with E-state index in [4.69, 9.17) is 5.73 Å². The van der Waals surface area contributed by atoms with Crippen LogP contribution < -0.4 is 5.73 Å². The van der Waals surface area contributed by atoms with E-state index in [9.17, 15) is 4.39 Å². The average Bonchev–Trinajstić information content (AvgIpc) is 1.96. The summed E-state index contributed by atoms with van der Waals surface area (Å²) in [5.41, 5.74) is 6.77. The third-order valence-electron chi connectivity index (χ3n) is 1.74. The molecule has 1 aromatic rings. The molecular weight excluding hydrogens is 221 g/mol. The van der Waals surface area contributed by atoms with Crippen molar-refractivity contribution in [3.05, 3.63) is 33.5 Å². The monoisotopic (exact) mass is 231 g/mol. The van der Waals surface area contributed by atoms with E-state index in [1.54, 1.807) is 26.0 Å². The molecule has 0 aliphatic carbocycles. The van der Waals surface area contributed by atoms with Crippen LogP contribution in [0.5, 0.6) is 0 Å². The number of halogens is 2. The molecule has 0 fully saturated rings. The summed E-state index contributed by atoms with van der Waals surface area (Å²) in [6.45, 7) is 3.50. The van der Waals surface area contributed by atoms with Gasteiger partial charge >= 0.3 is 0 Å². The molecule has 1 rings (SSSR count). The van der Waals surface area contributed by atoms with Crippen LogP contribution in [0, 0.1) is 12.7 Å². The molecule has 0 amide bonds. The topological polar surface area (TPSA) is 26.0 Å². The van der Waals surface area contributed by atoms with Gasteiger partial charge in [-0.05, 0) is 31.5 Å². The molecule has 0 heterocycles. The minimum absolute atomic E-state index is 0.201. The van der Waals surface area contributed by atoms with Gasteiger partial charge in [0.2, 0.25) is 0 Å². The highest BCUT2D eigenvalue weighted by atomic mass is 79.9. The molecule has 3 heteroatoms. The molecule has 0 saturated heterocycles. The highest BCUT2D eigenvalue weighted by Gasteiger charge is 2.09. The van der Waals surface area contributed by atoms with Crippen LogP contribution in [0.2, 0.25) is 0 Å². The molecule has 0 aliphatic heterocycles. The zero-order chi connectivity index (χ0) is 9.30. The van der Waals surface area contributed by atoms with Crippen LogP contribution in [-0.4, -0.2) is 0 Å². The fourth-order valence-electron chi connectivity index (χ4n) is 1.08. The number of benzene rings is 1. The lowest BCUT2D eigenvalue weighted by molar-refractivity contribution is 0.585. The molecule has 2 N–H and O–H groups in total. The van der Waals surface area contributed by atoms with E-state index < -0.39 is 0 Å². The zero-order valence-corrected chi connectivity index (χ0v) is 8.65. The Hall–Kier alpha value is -0.410. The van der Waals surface area contributed by atoms with E-state index in [1.165, 1.54) is 0 Å². The van der Waals surface area contributed by atoms with Gasteiger partial charge < -0.3 is 5.73 Å². The average molecular weight is 232 g/mol. The van der Waals surface area contributed by atoms with Crippen molar-refractivity contribution < 1.29 is 4.39 Å². The van der Waals surface area contributed by atoms with E-state index in [2.05, 4.69) is 15.9 Å². The number of rotatable bonds is 1. The van der Waals surface area contributed by atoms with Gasteiger partial charge in [-0.15, -0.1) is 0 Å². The summed E-state index contributed by atoms with van der Waals surface area (Å²) < 4.78 is 14.2. The van der Waals surface area contributed by atoms with Crippen LogP contribution >= 0.6 is 15.9 Å². The predicted octanol–water partition coefficient (Wildman–Crippen LogP) is 2.92. The van der Waals surface area contributed by atoms with Crippen molar-refractivity contribution in [3.63, 3.8) is 0 Å². The number of nitrogens with two attached hydrogens (primary N) is 1. The van der Waals surface area contributed by atoms with Crippen LogP contribution in [0.4, 0.5) is 4.39 Å². The Morgan fingerprint density at radius 3 is 2.58 bits per heavy atom. The second-order valence-electron chi connectivity index (χ2n) is 2.91. The third-order valence-corrected chi connectivity index (χ3v) is 2.20. The van der Waals surface area contributed by atoms with Crippen molar-refractivity contribution in [2.24, 2.45) is 5.73 Å². The molecule has 1 atom stereocenters. The standard InChI is InChI=1S/C9H11BrFN/c1-5-3-7(10)4-8(6(2)12)9(5)11/h3-4,6H,12H2,1-2H3. The van der Waals surface area contributed by atoms with Gasteiger partial charge in [-0.2, -0.15) is 0 Å². The van der Waals surface area contributed by atoms with Gasteiger partial charge in [0.05, 0.1) is 0 Å². The van der Waals surface area contributed by atoms with Crippen LogP contribution in [-0.2, 0) is 0 Å². The molecule has 1 unspecified atom stereocenters. The van der Waals surface area contributed by atoms with Gasteiger partial charge in [-0.25, -0.2) is 4.39 Å². The predicted molar refractivity (Wildman–Crippen MR) is 51.4 cm³/mol. The first-order valence-electron chi connectivity index (χ1n) is 3.73. The normalized spacial score (nSPS) is 13.1. The molecule has 12 heavy (non-hydrogen) atoms. The number of hydrogen-bond acceptors (Lipinski definition) is 1. The Balaban J connectivity index is 3.28. The Morgan fingerprint density at radius 1 is 1.50 bits per heavy atom. The summed E-state index contributed by atoms with van der Waals surface area (Å²) in [5.74, 6) is -0.201. The van der Waals surface area contributed by atoms with Gasteiger partial charge in [0, 0.05) is 16.1 Å². The van der Waals surface area contributed by atoms with E-state index in [0.29, 0.717) is 11.1 Å². The molecule has 0 bridgehead atoms.